The van der Waals surface area contributed by atoms with Gasteiger partial charge >= 0.3 is 0 Å². The molecule has 0 saturated carbocycles. The monoisotopic (exact) mass is 437 g/mol. The summed E-state index contributed by atoms with van der Waals surface area (Å²) in [6.45, 7) is 0.503. The number of nitrogens with one attached hydrogen (secondary N) is 1. The van der Waals surface area contributed by atoms with E-state index in [0.717, 1.165) is 36.7 Å². The third-order valence-electron chi connectivity index (χ3n) is 3.88. The zero-order valence-electron chi connectivity index (χ0n) is 14.3. The molecule has 0 aliphatic carbocycles. The predicted molar refractivity (Wildman–Crippen MR) is 116 cm³/mol. The number of hydrazone groups is 1. The summed E-state index contributed by atoms with van der Waals surface area (Å²) in [6.07, 6.45) is 1.75. The third kappa shape index (κ3) is 4.53. The van der Waals surface area contributed by atoms with Crippen LogP contribution >= 0.6 is 27.3 Å². The van der Waals surface area contributed by atoms with E-state index in [4.69, 9.17) is 4.74 Å². The lowest BCUT2D eigenvalue weighted by Gasteiger charge is -2.09. The lowest BCUT2D eigenvalue weighted by Crippen LogP contribution is -1.99. The minimum Gasteiger partial charge on any atom is -0.488 e. The van der Waals surface area contributed by atoms with E-state index in [1.54, 1.807) is 17.6 Å². The van der Waals surface area contributed by atoms with E-state index in [-0.39, 0.29) is 0 Å². The van der Waals surface area contributed by atoms with Gasteiger partial charge in [0.2, 0.25) is 5.13 Å². The highest BCUT2D eigenvalue weighted by atomic mass is 79.9. The maximum Gasteiger partial charge on any atom is 0.204 e. The van der Waals surface area contributed by atoms with Gasteiger partial charge in [-0.15, -0.1) is 0 Å². The number of rotatable bonds is 6. The Kier molecular flexibility index (Phi) is 5.46. The molecule has 3 aromatic carbocycles. The predicted octanol–water partition coefficient (Wildman–Crippen LogP) is 6.08. The number of hydrogen-bond acceptors (Lipinski definition) is 5. The van der Waals surface area contributed by atoms with E-state index >= 15 is 0 Å². The summed E-state index contributed by atoms with van der Waals surface area (Å²) in [4.78, 5) is 4.51. The Hall–Kier alpha value is -2.70. The van der Waals surface area contributed by atoms with Gasteiger partial charge in [0.25, 0.3) is 0 Å². The molecule has 0 aliphatic heterocycles. The summed E-state index contributed by atoms with van der Waals surface area (Å²) in [7, 11) is 0. The highest BCUT2D eigenvalue weighted by Gasteiger charge is 2.03. The van der Waals surface area contributed by atoms with E-state index in [1.807, 2.05) is 72.8 Å². The number of ether oxygens (including phenoxy) is 1. The molecule has 4 aromatic rings. The van der Waals surface area contributed by atoms with Crippen molar-refractivity contribution < 1.29 is 4.74 Å². The van der Waals surface area contributed by atoms with Crippen LogP contribution in [0.15, 0.2) is 82.4 Å². The van der Waals surface area contributed by atoms with Crippen molar-refractivity contribution in [2.75, 3.05) is 5.43 Å². The molecular formula is C21H16BrN3OS. The van der Waals surface area contributed by atoms with Crippen LogP contribution in [0, 0.1) is 0 Å². The normalized spacial score (nSPS) is 11.1. The van der Waals surface area contributed by atoms with Crippen LogP contribution in [0.3, 0.4) is 0 Å². The molecule has 0 radical (unpaired) electrons. The van der Waals surface area contributed by atoms with Crippen molar-refractivity contribution in [3.63, 3.8) is 0 Å². The van der Waals surface area contributed by atoms with Gasteiger partial charge < -0.3 is 4.74 Å². The highest BCUT2D eigenvalue weighted by molar-refractivity contribution is 9.10. The molecule has 0 atom stereocenters. The number of hydrogen-bond donors (Lipinski definition) is 1. The Morgan fingerprint density at radius 2 is 1.78 bits per heavy atom. The van der Waals surface area contributed by atoms with Gasteiger partial charge in [-0.1, -0.05) is 63.7 Å². The second-order valence-corrected chi connectivity index (χ2v) is 7.76. The number of benzene rings is 3. The van der Waals surface area contributed by atoms with Crippen molar-refractivity contribution >= 4 is 48.8 Å². The number of nitrogens with zero attached hydrogens (tertiary/aromatic N) is 2. The van der Waals surface area contributed by atoms with Gasteiger partial charge in [0.05, 0.1) is 16.4 Å². The summed E-state index contributed by atoms with van der Waals surface area (Å²) in [5.74, 6) is 0.787. The van der Waals surface area contributed by atoms with Crippen LogP contribution in [-0.4, -0.2) is 11.2 Å². The summed E-state index contributed by atoms with van der Waals surface area (Å²) in [5, 5.41) is 5.09. The van der Waals surface area contributed by atoms with Crippen LogP contribution in [0.1, 0.15) is 11.1 Å². The largest absolute Gasteiger partial charge is 0.488 e. The van der Waals surface area contributed by atoms with Gasteiger partial charge in [0.1, 0.15) is 12.4 Å². The van der Waals surface area contributed by atoms with E-state index in [1.165, 1.54) is 0 Å². The van der Waals surface area contributed by atoms with Crippen molar-refractivity contribution in [1.29, 1.82) is 0 Å². The number of fused-ring (bicyclic) bond motifs is 1. The minimum atomic E-state index is 0.503. The van der Waals surface area contributed by atoms with Crippen LogP contribution in [0.25, 0.3) is 10.2 Å². The fourth-order valence-corrected chi connectivity index (χ4v) is 3.62. The smallest absolute Gasteiger partial charge is 0.204 e. The average molecular weight is 438 g/mol. The second-order valence-electron chi connectivity index (χ2n) is 5.81. The number of aromatic nitrogens is 1. The van der Waals surface area contributed by atoms with Gasteiger partial charge in [0.15, 0.2) is 0 Å². The molecule has 27 heavy (non-hydrogen) atoms. The molecule has 0 unspecified atom stereocenters. The quantitative estimate of drug-likeness (QED) is 0.293. The molecule has 0 aliphatic rings. The Morgan fingerprint density at radius 3 is 2.63 bits per heavy atom. The van der Waals surface area contributed by atoms with Gasteiger partial charge in [-0.3, -0.25) is 5.43 Å². The molecule has 4 rings (SSSR count). The minimum absolute atomic E-state index is 0.503. The zero-order chi connectivity index (χ0) is 18.5. The van der Waals surface area contributed by atoms with Crippen LogP contribution in [0.5, 0.6) is 5.75 Å². The topological polar surface area (TPSA) is 46.5 Å². The molecule has 0 bridgehead atoms. The highest BCUT2D eigenvalue weighted by Crippen LogP contribution is 2.25. The Labute approximate surface area is 169 Å². The number of halogens is 1. The summed E-state index contributed by atoms with van der Waals surface area (Å²) >= 11 is 5.02. The van der Waals surface area contributed by atoms with E-state index in [0.29, 0.717) is 6.61 Å². The average Bonchev–Trinajstić information content (AvgIpc) is 3.11. The van der Waals surface area contributed by atoms with Crippen LogP contribution in [0.4, 0.5) is 5.13 Å². The molecule has 0 saturated heterocycles. The van der Waals surface area contributed by atoms with Gasteiger partial charge in [0, 0.05) is 10.0 Å². The first-order valence-electron chi connectivity index (χ1n) is 8.39. The fourth-order valence-electron chi connectivity index (χ4n) is 2.54. The van der Waals surface area contributed by atoms with Crippen molar-refractivity contribution in [1.82, 2.24) is 4.98 Å². The molecule has 0 amide bonds. The number of thiazole rings is 1. The summed E-state index contributed by atoms with van der Waals surface area (Å²) in [5.41, 5.74) is 5.99. The first-order chi connectivity index (χ1) is 13.3. The lowest BCUT2D eigenvalue weighted by atomic mass is 10.2. The van der Waals surface area contributed by atoms with Crippen LogP contribution in [0.2, 0.25) is 0 Å². The first-order valence-corrected chi connectivity index (χ1v) is 10.00. The van der Waals surface area contributed by atoms with Gasteiger partial charge in [-0.05, 0) is 42.0 Å². The maximum atomic E-state index is 5.97. The van der Waals surface area contributed by atoms with Crippen molar-refractivity contribution in [3.8, 4) is 5.75 Å². The Balaban J connectivity index is 1.43. The molecule has 0 fully saturated rings. The maximum absolute atomic E-state index is 5.97. The van der Waals surface area contributed by atoms with Crippen molar-refractivity contribution in [3.05, 3.63) is 88.4 Å². The zero-order valence-corrected chi connectivity index (χ0v) is 16.7. The van der Waals surface area contributed by atoms with Crippen LogP contribution < -0.4 is 10.2 Å². The lowest BCUT2D eigenvalue weighted by molar-refractivity contribution is 0.306. The molecule has 0 spiro atoms. The SMILES string of the molecule is Brc1ccc(COc2ccccc2/C=N\Nc2nc3ccccc3s2)cc1. The Bertz CT molecular complexity index is 1040. The van der Waals surface area contributed by atoms with E-state index in [9.17, 15) is 0 Å². The van der Waals surface area contributed by atoms with Gasteiger partial charge in [-0.2, -0.15) is 5.10 Å². The molecular weight excluding hydrogens is 422 g/mol. The summed E-state index contributed by atoms with van der Waals surface area (Å²) < 4.78 is 8.15. The molecule has 1 aromatic heterocycles. The van der Waals surface area contributed by atoms with E-state index < -0.39 is 0 Å². The fraction of sp³-hybridized carbons (Fsp3) is 0.0476. The number of anilines is 1. The molecule has 134 valence electrons. The second kappa shape index (κ2) is 8.33. The summed E-state index contributed by atoms with van der Waals surface area (Å²) in [6, 6.07) is 24.0. The third-order valence-corrected chi connectivity index (χ3v) is 5.35. The Morgan fingerprint density at radius 1 is 1.00 bits per heavy atom. The molecule has 4 nitrogen and oxygen atoms in total. The first kappa shape index (κ1) is 17.7. The number of para-hydroxylation sites is 2. The van der Waals surface area contributed by atoms with Crippen molar-refractivity contribution in [2.24, 2.45) is 5.10 Å². The molecule has 1 N–H and O–H groups in total. The van der Waals surface area contributed by atoms with Crippen molar-refractivity contribution in [2.45, 2.75) is 6.61 Å². The standard InChI is InChI=1S/C21H16BrN3OS/c22-17-11-9-15(10-12-17)14-26-19-7-3-1-5-16(19)13-23-25-21-24-18-6-2-4-8-20(18)27-21/h1-13H,14H2,(H,24,25)/b23-13-. The molecule has 6 heteroatoms. The molecule has 1 heterocycles. The van der Waals surface area contributed by atoms with Crippen LogP contribution in [-0.2, 0) is 6.61 Å². The van der Waals surface area contributed by atoms with E-state index in [2.05, 4.69) is 31.4 Å². The van der Waals surface area contributed by atoms with Gasteiger partial charge in [-0.25, -0.2) is 4.98 Å².